The predicted molar refractivity (Wildman–Crippen MR) is 122 cm³/mol. The molecule has 2 atom stereocenters. The molecule has 3 rings (SSSR count). The van der Waals surface area contributed by atoms with Gasteiger partial charge < -0.3 is 10.2 Å². The van der Waals surface area contributed by atoms with E-state index in [-0.39, 0.29) is 47.7 Å². The van der Waals surface area contributed by atoms with Crippen molar-refractivity contribution in [3.8, 4) is 0 Å². The Morgan fingerprint density at radius 1 is 1.22 bits per heavy atom. The third-order valence-corrected chi connectivity index (χ3v) is 6.50. The van der Waals surface area contributed by atoms with E-state index in [1.807, 2.05) is 32.9 Å². The number of nitrogens with zero attached hydrogens (tertiary/aromatic N) is 1. The van der Waals surface area contributed by atoms with Gasteiger partial charge in [-0.25, -0.2) is 5.43 Å². The van der Waals surface area contributed by atoms with Crippen molar-refractivity contribution in [3.63, 3.8) is 0 Å². The molecule has 0 saturated heterocycles. The average molecular weight is 459 g/mol. The largest absolute Gasteiger partial charge is 0.511 e. The van der Waals surface area contributed by atoms with Gasteiger partial charge in [-0.15, -0.1) is 0 Å². The first-order valence-corrected chi connectivity index (χ1v) is 10.8. The Hall–Kier alpha value is -2.93. The summed E-state index contributed by atoms with van der Waals surface area (Å²) >= 11 is 5.97. The zero-order valence-corrected chi connectivity index (χ0v) is 19.1. The first-order chi connectivity index (χ1) is 14.9. The van der Waals surface area contributed by atoms with Crippen LogP contribution in [0.5, 0.6) is 0 Å². The Morgan fingerprint density at radius 2 is 1.88 bits per heavy atom. The summed E-state index contributed by atoms with van der Waals surface area (Å²) in [6.45, 7) is 5.67. The molecular formula is C24H27ClN2O5. The van der Waals surface area contributed by atoms with Gasteiger partial charge in [0.25, 0.3) is 5.91 Å². The van der Waals surface area contributed by atoms with Gasteiger partial charge in [-0.2, -0.15) is 5.10 Å². The van der Waals surface area contributed by atoms with Crippen LogP contribution in [0.1, 0.15) is 57.9 Å². The number of aliphatic carboxylic acids is 1. The minimum absolute atomic E-state index is 0.0284. The number of aliphatic hydroxyl groups excluding tert-OH is 1. The van der Waals surface area contributed by atoms with Gasteiger partial charge >= 0.3 is 5.97 Å². The fourth-order valence-corrected chi connectivity index (χ4v) is 4.44. The van der Waals surface area contributed by atoms with Crippen molar-refractivity contribution in [1.29, 1.82) is 0 Å². The normalized spacial score (nSPS) is 25.6. The molecule has 2 unspecified atom stereocenters. The van der Waals surface area contributed by atoms with Crippen molar-refractivity contribution in [2.24, 2.45) is 15.9 Å². The first-order valence-electron chi connectivity index (χ1n) is 10.4. The lowest BCUT2D eigenvalue weighted by Gasteiger charge is -2.35. The van der Waals surface area contributed by atoms with Crippen molar-refractivity contribution in [3.05, 3.63) is 57.8 Å². The Morgan fingerprint density at radius 3 is 2.47 bits per heavy atom. The molecule has 7 nitrogen and oxygen atoms in total. The number of halogens is 1. The van der Waals surface area contributed by atoms with Crippen LogP contribution in [-0.2, 0) is 14.4 Å². The Balaban J connectivity index is 1.81. The second kappa shape index (κ2) is 8.90. The van der Waals surface area contributed by atoms with Gasteiger partial charge in [-0.3, -0.25) is 14.4 Å². The minimum Gasteiger partial charge on any atom is -0.511 e. The summed E-state index contributed by atoms with van der Waals surface area (Å²) in [5.41, 5.74) is 2.10. The van der Waals surface area contributed by atoms with E-state index in [1.54, 1.807) is 18.2 Å². The molecule has 0 radical (unpaired) electrons. The van der Waals surface area contributed by atoms with Crippen LogP contribution in [0.15, 0.2) is 52.3 Å². The zero-order valence-electron chi connectivity index (χ0n) is 18.3. The molecule has 0 bridgehead atoms. The van der Waals surface area contributed by atoms with Crippen LogP contribution in [0.3, 0.4) is 0 Å². The molecule has 3 N–H and O–H groups in total. The number of hydrazone groups is 1. The van der Waals surface area contributed by atoms with Crippen LogP contribution >= 0.6 is 11.6 Å². The lowest BCUT2D eigenvalue weighted by atomic mass is 9.68. The fourth-order valence-electron chi connectivity index (χ4n) is 4.31. The number of hydrogen-bond donors (Lipinski definition) is 3. The monoisotopic (exact) mass is 458 g/mol. The summed E-state index contributed by atoms with van der Waals surface area (Å²) in [6.07, 6.45) is 3.52. The second-order valence-electron chi connectivity index (χ2n) is 9.35. The summed E-state index contributed by atoms with van der Waals surface area (Å²) < 4.78 is 0. The number of carbonyl (C=O) groups excluding carboxylic acids is 2. The van der Waals surface area contributed by atoms with Crippen LogP contribution in [0.4, 0.5) is 0 Å². The average Bonchev–Trinajstić information content (AvgIpc) is 2.70. The molecule has 0 aromatic heterocycles. The van der Waals surface area contributed by atoms with E-state index in [0.717, 1.165) is 17.4 Å². The molecule has 170 valence electrons. The molecule has 32 heavy (non-hydrogen) atoms. The molecule has 0 spiro atoms. The van der Waals surface area contributed by atoms with E-state index >= 15 is 0 Å². The maximum Gasteiger partial charge on any atom is 0.319 e. The fraction of sp³-hybridized carbons (Fsp3) is 0.417. The number of carboxylic acid groups (broad SMARTS) is 1. The highest BCUT2D eigenvalue weighted by molar-refractivity contribution is 6.30. The van der Waals surface area contributed by atoms with E-state index in [1.165, 1.54) is 0 Å². The summed E-state index contributed by atoms with van der Waals surface area (Å²) in [6, 6.07) is 7.11. The van der Waals surface area contributed by atoms with Crippen molar-refractivity contribution < 1.29 is 24.6 Å². The smallest absolute Gasteiger partial charge is 0.319 e. The maximum atomic E-state index is 13.0. The highest BCUT2D eigenvalue weighted by Crippen LogP contribution is 2.44. The zero-order chi connectivity index (χ0) is 23.7. The Bertz CT molecular complexity index is 1040. The van der Waals surface area contributed by atoms with E-state index in [0.29, 0.717) is 11.4 Å². The number of benzene rings is 1. The first kappa shape index (κ1) is 23.7. The Labute approximate surface area is 191 Å². The molecule has 1 amide bonds. The number of ketones is 1. The predicted octanol–water partition coefficient (Wildman–Crippen LogP) is 4.54. The van der Waals surface area contributed by atoms with Gasteiger partial charge in [0.15, 0.2) is 11.2 Å². The highest BCUT2D eigenvalue weighted by Gasteiger charge is 2.49. The molecule has 0 heterocycles. The van der Waals surface area contributed by atoms with Gasteiger partial charge in [-0.1, -0.05) is 49.2 Å². The quantitative estimate of drug-likeness (QED) is 0.259. The van der Waals surface area contributed by atoms with Gasteiger partial charge in [0, 0.05) is 23.8 Å². The van der Waals surface area contributed by atoms with Gasteiger partial charge in [0.05, 0.1) is 11.8 Å². The number of rotatable bonds is 5. The summed E-state index contributed by atoms with van der Waals surface area (Å²) in [5.74, 6) is -2.64. The van der Waals surface area contributed by atoms with Gasteiger partial charge in [-0.05, 0) is 42.9 Å². The van der Waals surface area contributed by atoms with Crippen LogP contribution in [0, 0.1) is 10.8 Å². The number of aliphatic hydroxyl groups is 1. The topological polar surface area (TPSA) is 116 Å². The molecule has 1 aromatic rings. The van der Waals surface area contributed by atoms with Crippen molar-refractivity contribution in [2.75, 3.05) is 0 Å². The lowest BCUT2D eigenvalue weighted by Crippen LogP contribution is -2.47. The van der Waals surface area contributed by atoms with E-state index < -0.39 is 17.3 Å². The number of Topliss-reactive ketones (excluding diaryl/α,β-unsaturated/α-hetero) is 1. The van der Waals surface area contributed by atoms with E-state index in [2.05, 4.69) is 10.5 Å². The van der Waals surface area contributed by atoms with Crippen LogP contribution in [0.25, 0.3) is 0 Å². The highest BCUT2D eigenvalue weighted by atomic mass is 35.5. The molecule has 0 aliphatic heterocycles. The molecule has 1 aromatic carbocycles. The number of carbonyl (C=O) groups is 3. The van der Waals surface area contributed by atoms with Crippen LogP contribution < -0.4 is 5.43 Å². The molecule has 2 aliphatic carbocycles. The molecule has 8 heteroatoms. The van der Waals surface area contributed by atoms with Crippen LogP contribution in [-0.4, -0.2) is 34.1 Å². The van der Waals surface area contributed by atoms with Crippen molar-refractivity contribution in [1.82, 2.24) is 5.43 Å². The number of allylic oxidation sites excluding steroid dienone is 4. The number of carboxylic acids is 1. The number of amides is 1. The van der Waals surface area contributed by atoms with Crippen molar-refractivity contribution >= 4 is 35.5 Å². The van der Waals surface area contributed by atoms with Gasteiger partial charge in [0.2, 0.25) is 0 Å². The number of nitrogens with one attached hydrogen (secondary N) is 1. The van der Waals surface area contributed by atoms with E-state index in [9.17, 15) is 24.6 Å². The summed E-state index contributed by atoms with van der Waals surface area (Å²) in [5, 5.41) is 24.5. The Kier molecular flexibility index (Phi) is 6.60. The summed E-state index contributed by atoms with van der Waals surface area (Å²) in [4.78, 5) is 37.5. The van der Waals surface area contributed by atoms with E-state index in [4.69, 9.17) is 11.6 Å². The second-order valence-corrected chi connectivity index (χ2v) is 9.78. The standard InChI is InChI=1S/C24H27ClN2O5/c1-14-8-9-24(22(31)32,10-17(14)15-4-6-16(25)7-5-15)21(30)27-26-13-18-19(28)11-23(2,3)12-20(18)29/h4-8,13,17,28H,9-12H2,1-3H3,(H,27,30)(H,31,32). The number of hydrogen-bond acceptors (Lipinski definition) is 5. The molecule has 0 fully saturated rings. The third kappa shape index (κ3) is 4.78. The lowest BCUT2D eigenvalue weighted by molar-refractivity contribution is -0.157. The minimum atomic E-state index is -1.71. The third-order valence-electron chi connectivity index (χ3n) is 6.25. The SMILES string of the molecule is CC1=CCC(C(=O)O)(C(=O)NN=CC2=C(O)CC(C)(C)CC2=O)CC1c1ccc(Cl)cc1. The summed E-state index contributed by atoms with van der Waals surface area (Å²) in [7, 11) is 0. The molecule has 2 aliphatic rings. The molecular weight excluding hydrogens is 432 g/mol. The molecule has 0 saturated carbocycles. The van der Waals surface area contributed by atoms with Crippen LogP contribution in [0.2, 0.25) is 5.02 Å². The van der Waals surface area contributed by atoms with Crippen molar-refractivity contribution in [2.45, 2.75) is 52.4 Å². The maximum absolute atomic E-state index is 13.0. The van der Waals surface area contributed by atoms with Gasteiger partial charge in [0.1, 0.15) is 5.76 Å².